The standard InChI is InChI=1S/C21H24ClN5S.HI/c1-23-21(25-11-13-28-20-8-6-19(22)7-9-20)26-14-17-2-4-18(5-3-17)15-27-12-10-24-16-27;/h2-10,12,16H,11,13-15H2,1H3,(H2,23,25,26);1H. The summed E-state index contributed by atoms with van der Waals surface area (Å²) in [7, 11) is 1.79. The molecular weight excluding hydrogens is 517 g/mol. The van der Waals surface area contributed by atoms with Crippen molar-refractivity contribution < 1.29 is 0 Å². The first kappa shape index (κ1) is 23.6. The molecule has 0 bridgehead atoms. The minimum absolute atomic E-state index is 0. The summed E-state index contributed by atoms with van der Waals surface area (Å²) < 4.78 is 2.06. The third kappa shape index (κ3) is 8.28. The maximum atomic E-state index is 5.91. The molecule has 29 heavy (non-hydrogen) atoms. The highest BCUT2D eigenvalue weighted by molar-refractivity contribution is 14.0. The summed E-state index contributed by atoms with van der Waals surface area (Å²) in [6, 6.07) is 16.5. The van der Waals surface area contributed by atoms with Crippen molar-refractivity contribution in [1.82, 2.24) is 20.2 Å². The van der Waals surface area contributed by atoms with Gasteiger partial charge in [0, 0.05) is 54.7 Å². The Labute approximate surface area is 198 Å². The fourth-order valence-corrected chi connectivity index (χ4v) is 3.52. The van der Waals surface area contributed by atoms with Crippen LogP contribution >= 0.6 is 47.3 Å². The molecule has 2 aromatic carbocycles. The molecule has 0 amide bonds. The van der Waals surface area contributed by atoms with Crippen LogP contribution in [0.3, 0.4) is 0 Å². The van der Waals surface area contributed by atoms with E-state index in [1.165, 1.54) is 16.0 Å². The van der Waals surface area contributed by atoms with Crippen LogP contribution in [0.1, 0.15) is 11.1 Å². The number of rotatable bonds is 8. The van der Waals surface area contributed by atoms with Crippen LogP contribution in [0.4, 0.5) is 0 Å². The molecule has 3 aromatic rings. The first-order valence-electron chi connectivity index (χ1n) is 9.09. The minimum Gasteiger partial charge on any atom is -0.356 e. The fraction of sp³-hybridized carbons (Fsp3) is 0.238. The number of nitrogens with one attached hydrogen (secondary N) is 2. The number of thioether (sulfide) groups is 1. The van der Waals surface area contributed by atoms with Gasteiger partial charge in [0.1, 0.15) is 0 Å². The second kappa shape index (κ2) is 12.8. The summed E-state index contributed by atoms with van der Waals surface area (Å²) in [5.41, 5.74) is 2.47. The molecule has 0 spiro atoms. The molecule has 0 unspecified atom stereocenters. The molecule has 1 aromatic heterocycles. The van der Waals surface area contributed by atoms with E-state index in [2.05, 4.69) is 49.4 Å². The lowest BCUT2D eigenvalue weighted by atomic mass is 10.1. The maximum Gasteiger partial charge on any atom is 0.191 e. The van der Waals surface area contributed by atoms with Gasteiger partial charge >= 0.3 is 0 Å². The number of guanidine groups is 1. The summed E-state index contributed by atoms with van der Waals surface area (Å²) in [5.74, 6) is 1.75. The van der Waals surface area contributed by atoms with Crippen molar-refractivity contribution in [3.8, 4) is 0 Å². The van der Waals surface area contributed by atoms with Gasteiger partial charge < -0.3 is 15.2 Å². The molecule has 8 heteroatoms. The van der Waals surface area contributed by atoms with Crippen molar-refractivity contribution in [1.29, 1.82) is 0 Å². The lowest BCUT2D eigenvalue weighted by Crippen LogP contribution is -2.37. The summed E-state index contributed by atoms with van der Waals surface area (Å²) in [5, 5.41) is 7.46. The van der Waals surface area contributed by atoms with Gasteiger partial charge in [0.25, 0.3) is 0 Å². The van der Waals surface area contributed by atoms with Gasteiger partial charge in [-0.05, 0) is 35.4 Å². The number of aromatic nitrogens is 2. The van der Waals surface area contributed by atoms with Gasteiger partial charge in [-0.3, -0.25) is 4.99 Å². The second-order valence-corrected chi connectivity index (χ2v) is 7.81. The van der Waals surface area contributed by atoms with Crippen LogP contribution in [0.15, 0.2) is 77.1 Å². The molecule has 0 saturated carbocycles. The van der Waals surface area contributed by atoms with Crippen molar-refractivity contribution in [3.63, 3.8) is 0 Å². The first-order valence-corrected chi connectivity index (χ1v) is 10.5. The van der Waals surface area contributed by atoms with Gasteiger partial charge in [-0.2, -0.15) is 0 Å². The van der Waals surface area contributed by atoms with Gasteiger partial charge in [0.05, 0.1) is 6.33 Å². The van der Waals surface area contributed by atoms with Gasteiger partial charge in [0.2, 0.25) is 0 Å². The molecule has 0 atom stereocenters. The van der Waals surface area contributed by atoms with Crippen molar-refractivity contribution in [2.75, 3.05) is 19.3 Å². The lowest BCUT2D eigenvalue weighted by Gasteiger charge is -2.12. The average molecular weight is 542 g/mol. The number of halogens is 2. The maximum absolute atomic E-state index is 5.91. The van der Waals surface area contributed by atoms with E-state index in [0.717, 1.165) is 36.4 Å². The smallest absolute Gasteiger partial charge is 0.191 e. The van der Waals surface area contributed by atoms with Crippen LogP contribution in [0.5, 0.6) is 0 Å². The highest BCUT2D eigenvalue weighted by Crippen LogP contribution is 2.19. The monoisotopic (exact) mass is 541 g/mol. The first-order chi connectivity index (χ1) is 13.7. The molecule has 154 valence electrons. The molecule has 0 fully saturated rings. The number of aliphatic imine (C=N–C) groups is 1. The molecule has 0 radical (unpaired) electrons. The summed E-state index contributed by atoms with van der Waals surface area (Å²) in [4.78, 5) is 9.57. The van der Waals surface area contributed by atoms with Crippen molar-refractivity contribution in [2.24, 2.45) is 4.99 Å². The number of benzene rings is 2. The summed E-state index contributed by atoms with van der Waals surface area (Å²) >= 11 is 7.70. The molecule has 1 heterocycles. The Morgan fingerprint density at radius 1 is 1.07 bits per heavy atom. The zero-order valence-electron chi connectivity index (χ0n) is 16.2. The topological polar surface area (TPSA) is 54.2 Å². The summed E-state index contributed by atoms with van der Waals surface area (Å²) in [6.07, 6.45) is 5.59. The SMILES string of the molecule is CN=C(NCCSc1ccc(Cl)cc1)NCc1ccc(Cn2ccnc2)cc1.I. The zero-order chi connectivity index (χ0) is 19.6. The van der Waals surface area contributed by atoms with Crippen molar-refractivity contribution in [2.45, 2.75) is 18.0 Å². The molecule has 5 nitrogen and oxygen atoms in total. The van der Waals surface area contributed by atoms with Gasteiger partial charge in [0.15, 0.2) is 5.96 Å². The van der Waals surface area contributed by atoms with Crippen LogP contribution in [0.2, 0.25) is 5.02 Å². The van der Waals surface area contributed by atoms with Crippen molar-refractivity contribution in [3.05, 3.63) is 83.4 Å². The van der Waals surface area contributed by atoms with E-state index < -0.39 is 0 Å². The molecule has 0 aliphatic heterocycles. The number of imidazole rings is 1. The third-order valence-electron chi connectivity index (χ3n) is 4.11. The Kier molecular flexibility index (Phi) is 10.4. The van der Waals surface area contributed by atoms with Gasteiger partial charge in [-0.1, -0.05) is 35.9 Å². The Morgan fingerprint density at radius 2 is 1.79 bits per heavy atom. The van der Waals surface area contributed by atoms with E-state index in [0.29, 0.717) is 0 Å². The highest BCUT2D eigenvalue weighted by atomic mass is 127. The lowest BCUT2D eigenvalue weighted by molar-refractivity contribution is 0.794. The van der Waals surface area contributed by atoms with E-state index in [4.69, 9.17) is 11.6 Å². The number of hydrogen-bond donors (Lipinski definition) is 2. The van der Waals surface area contributed by atoms with Crippen LogP contribution in [0, 0.1) is 0 Å². The Hall–Kier alpha value is -1.71. The Morgan fingerprint density at radius 3 is 2.45 bits per heavy atom. The van der Waals surface area contributed by atoms with E-state index in [-0.39, 0.29) is 24.0 Å². The van der Waals surface area contributed by atoms with Gasteiger partial charge in [-0.15, -0.1) is 35.7 Å². The molecule has 3 rings (SSSR count). The quantitative estimate of drug-likeness (QED) is 0.143. The molecule has 0 saturated heterocycles. The molecule has 0 aliphatic rings. The predicted octanol–water partition coefficient (Wildman–Crippen LogP) is 4.66. The normalized spacial score (nSPS) is 11.0. The van der Waals surface area contributed by atoms with E-state index in [9.17, 15) is 0 Å². The molecule has 0 aliphatic carbocycles. The molecular formula is C21H25ClIN5S. The van der Waals surface area contributed by atoms with E-state index in [1.807, 2.05) is 36.8 Å². The summed E-state index contributed by atoms with van der Waals surface area (Å²) in [6.45, 7) is 2.40. The Balaban J connectivity index is 0.00000300. The van der Waals surface area contributed by atoms with Crippen molar-refractivity contribution >= 4 is 53.3 Å². The third-order valence-corrected chi connectivity index (χ3v) is 5.37. The zero-order valence-corrected chi connectivity index (χ0v) is 20.1. The average Bonchev–Trinajstić information content (AvgIpc) is 3.23. The molecule has 2 N–H and O–H groups in total. The number of hydrogen-bond acceptors (Lipinski definition) is 3. The second-order valence-electron chi connectivity index (χ2n) is 6.21. The van der Waals surface area contributed by atoms with Crippen LogP contribution < -0.4 is 10.6 Å². The highest BCUT2D eigenvalue weighted by Gasteiger charge is 2.00. The van der Waals surface area contributed by atoms with Crippen LogP contribution in [-0.2, 0) is 13.1 Å². The predicted molar refractivity (Wildman–Crippen MR) is 134 cm³/mol. The van der Waals surface area contributed by atoms with Gasteiger partial charge in [-0.25, -0.2) is 4.98 Å². The Bertz CT molecular complexity index is 867. The van der Waals surface area contributed by atoms with E-state index >= 15 is 0 Å². The minimum atomic E-state index is 0. The largest absolute Gasteiger partial charge is 0.356 e. The van der Waals surface area contributed by atoms with E-state index in [1.54, 1.807) is 25.0 Å². The fourth-order valence-electron chi connectivity index (χ4n) is 2.63. The van der Waals surface area contributed by atoms with Crippen LogP contribution in [-0.4, -0.2) is 34.9 Å². The van der Waals surface area contributed by atoms with Crippen LogP contribution in [0.25, 0.3) is 0 Å². The number of nitrogens with zero attached hydrogens (tertiary/aromatic N) is 3.